The molecule has 1 aliphatic heterocycles. The highest BCUT2D eigenvalue weighted by Crippen LogP contribution is 2.27. The van der Waals surface area contributed by atoms with E-state index in [2.05, 4.69) is 19.9 Å². The third-order valence-corrected chi connectivity index (χ3v) is 4.58. The fraction of sp³-hybridized carbons (Fsp3) is 0.316. The predicted octanol–water partition coefficient (Wildman–Crippen LogP) is 4.18. The van der Waals surface area contributed by atoms with Crippen LogP contribution in [0.2, 0.25) is 0 Å². The smallest absolute Gasteiger partial charge is 0.193 e. The minimum Gasteiger partial charge on any atom is -0.372 e. The van der Waals surface area contributed by atoms with Gasteiger partial charge in [0, 0.05) is 11.1 Å². The van der Waals surface area contributed by atoms with E-state index in [0.29, 0.717) is 13.2 Å². The molecule has 108 valence electrons. The Labute approximate surface area is 125 Å². The van der Waals surface area contributed by atoms with Crippen LogP contribution in [0.15, 0.2) is 24.3 Å². The summed E-state index contributed by atoms with van der Waals surface area (Å²) in [6.07, 6.45) is 0. The molecule has 2 nitrogen and oxygen atoms in total. The van der Waals surface area contributed by atoms with Gasteiger partial charge in [-0.3, -0.25) is 4.79 Å². The van der Waals surface area contributed by atoms with Crippen molar-refractivity contribution in [2.45, 2.75) is 40.9 Å². The molecule has 0 spiro atoms. The van der Waals surface area contributed by atoms with Gasteiger partial charge in [0.2, 0.25) is 0 Å². The number of hydrogen-bond acceptors (Lipinski definition) is 2. The second kappa shape index (κ2) is 5.12. The molecule has 2 aromatic rings. The van der Waals surface area contributed by atoms with E-state index in [1.807, 2.05) is 32.0 Å². The lowest BCUT2D eigenvalue weighted by Gasteiger charge is -2.14. The molecule has 3 rings (SSSR count). The van der Waals surface area contributed by atoms with E-state index in [9.17, 15) is 4.79 Å². The van der Waals surface area contributed by atoms with Crippen LogP contribution in [0.5, 0.6) is 0 Å². The maximum atomic E-state index is 13.0. The summed E-state index contributed by atoms with van der Waals surface area (Å²) >= 11 is 0. The Bertz CT molecular complexity index is 715. The first-order valence-electron chi connectivity index (χ1n) is 7.30. The van der Waals surface area contributed by atoms with Crippen LogP contribution < -0.4 is 0 Å². The minimum atomic E-state index is 0.117. The van der Waals surface area contributed by atoms with Crippen molar-refractivity contribution in [3.05, 3.63) is 68.8 Å². The molecule has 0 radical (unpaired) electrons. The summed E-state index contributed by atoms with van der Waals surface area (Å²) < 4.78 is 5.43. The van der Waals surface area contributed by atoms with Gasteiger partial charge in [0.1, 0.15) is 0 Å². The quantitative estimate of drug-likeness (QED) is 0.771. The second-order valence-corrected chi connectivity index (χ2v) is 5.94. The molecule has 0 unspecified atom stereocenters. The molecule has 0 atom stereocenters. The average molecular weight is 280 g/mol. The first-order valence-corrected chi connectivity index (χ1v) is 7.30. The van der Waals surface area contributed by atoms with E-state index in [-0.39, 0.29) is 5.78 Å². The number of ether oxygens (including phenoxy) is 1. The minimum absolute atomic E-state index is 0.117. The van der Waals surface area contributed by atoms with E-state index in [1.165, 1.54) is 16.7 Å². The molecule has 0 aliphatic carbocycles. The number of benzene rings is 2. The van der Waals surface area contributed by atoms with Gasteiger partial charge in [0.15, 0.2) is 5.78 Å². The highest BCUT2D eigenvalue weighted by molar-refractivity contribution is 6.11. The van der Waals surface area contributed by atoms with Gasteiger partial charge in [-0.25, -0.2) is 0 Å². The van der Waals surface area contributed by atoms with Crippen LogP contribution in [-0.2, 0) is 18.0 Å². The molecule has 21 heavy (non-hydrogen) atoms. The third kappa shape index (κ3) is 2.30. The Balaban J connectivity index is 2.11. The van der Waals surface area contributed by atoms with E-state index in [4.69, 9.17) is 4.74 Å². The Kier molecular flexibility index (Phi) is 3.42. The van der Waals surface area contributed by atoms with Crippen LogP contribution in [0, 0.1) is 27.7 Å². The SMILES string of the molecule is Cc1cc(C)c(C)c(C(=O)c2ccc3c(c2)COC3)c1C. The topological polar surface area (TPSA) is 26.3 Å². The normalized spacial score (nSPS) is 13.3. The Hall–Kier alpha value is -1.93. The summed E-state index contributed by atoms with van der Waals surface area (Å²) in [7, 11) is 0. The zero-order chi connectivity index (χ0) is 15.1. The summed E-state index contributed by atoms with van der Waals surface area (Å²) in [4.78, 5) is 13.0. The Morgan fingerprint density at radius 2 is 1.52 bits per heavy atom. The number of rotatable bonds is 2. The van der Waals surface area contributed by atoms with Crippen molar-refractivity contribution in [1.82, 2.24) is 0 Å². The molecule has 0 N–H and O–H groups in total. The molecule has 0 saturated carbocycles. The third-order valence-electron chi connectivity index (χ3n) is 4.58. The first-order chi connectivity index (χ1) is 9.99. The zero-order valence-electron chi connectivity index (χ0n) is 13.0. The van der Waals surface area contributed by atoms with Crippen molar-refractivity contribution in [3.8, 4) is 0 Å². The van der Waals surface area contributed by atoms with Crippen molar-refractivity contribution >= 4 is 5.78 Å². The lowest BCUT2D eigenvalue weighted by molar-refractivity contribution is 0.103. The number of carbonyl (C=O) groups is 1. The van der Waals surface area contributed by atoms with E-state index < -0.39 is 0 Å². The summed E-state index contributed by atoms with van der Waals surface area (Å²) in [5, 5.41) is 0. The summed E-state index contributed by atoms with van der Waals surface area (Å²) in [6.45, 7) is 9.47. The number of carbonyl (C=O) groups excluding carboxylic acids is 1. The molecule has 0 amide bonds. The van der Waals surface area contributed by atoms with Crippen LogP contribution in [0.1, 0.15) is 49.3 Å². The average Bonchev–Trinajstić information content (AvgIpc) is 2.92. The van der Waals surface area contributed by atoms with Gasteiger partial charge in [0.05, 0.1) is 13.2 Å². The van der Waals surface area contributed by atoms with Crippen molar-refractivity contribution in [1.29, 1.82) is 0 Å². The monoisotopic (exact) mass is 280 g/mol. The Morgan fingerprint density at radius 1 is 0.905 bits per heavy atom. The van der Waals surface area contributed by atoms with Gasteiger partial charge in [0.25, 0.3) is 0 Å². The highest BCUT2D eigenvalue weighted by atomic mass is 16.5. The van der Waals surface area contributed by atoms with Crippen molar-refractivity contribution in [2.24, 2.45) is 0 Å². The number of fused-ring (bicyclic) bond motifs is 1. The number of hydrogen-bond donors (Lipinski definition) is 0. The van der Waals surface area contributed by atoms with Crippen molar-refractivity contribution in [3.63, 3.8) is 0 Å². The van der Waals surface area contributed by atoms with Crippen LogP contribution >= 0.6 is 0 Å². The van der Waals surface area contributed by atoms with E-state index >= 15 is 0 Å². The van der Waals surface area contributed by atoms with Gasteiger partial charge in [-0.1, -0.05) is 18.2 Å². The fourth-order valence-electron chi connectivity index (χ4n) is 3.02. The van der Waals surface area contributed by atoms with Crippen LogP contribution in [0.4, 0.5) is 0 Å². The molecule has 0 fully saturated rings. The molecule has 0 saturated heterocycles. The van der Waals surface area contributed by atoms with Gasteiger partial charge in [-0.15, -0.1) is 0 Å². The molecular formula is C19H20O2. The number of aryl methyl sites for hydroxylation is 2. The molecule has 1 heterocycles. The van der Waals surface area contributed by atoms with Crippen molar-refractivity contribution < 1.29 is 9.53 Å². The molecule has 0 bridgehead atoms. The lowest BCUT2D eigenvalue weighted by atomic mass is 9.88. The van der Waals surface area contributed by atoms with Gasteiger partial charge in [-0.05, 0) is 67.1 Å². The maximum absolute atomic E-state index is 13.0. The van der Waals surface area contributed by atoms with Crippen LogP contribution in [-0.4, -0.2) is 5.78 Å². The van der Waals surface area contributed by atoms with Crippen molar-refractivity contribution in [2.75, 3.05) is 0 Å². The summed E-state index contributed by atoms with van der Waals surface area (Å²) in [6, 6.07) is 8.08. The molecule has 0 aromatic heterocycles. The number of ketones is 1. The maximum Gasteiger partial charge on any atom is 0.193 e. The largest absolute Gasteiger partial charge is 0.372 e. The van der Waals surface area contributed by atoms with E-state index in [1.54, 1.807) is 0 Å². The van der Waals surface area contributed by atoms with Gasteiger partial charge in [-0.2, -0.15) is 0 Å². The molecule has 2 aromatic carbocycles. The van der Waals surface area contributed by atoms with Gasteiger partial charge >= 0.3 is 0 Å². The first kappa shape index (κ1) is 14.0. The van der Waals surface area contributed by atoms with E-state index in [0.717, 1.165) is 27.8 Å². The highest BCUT2D eigenvalue weighted by Gasteiger charge is 2.19. The summed E-state index contributed by atoms with van der Waals surface area (Å²) in [5.74, 6) is 0.117. The van der Waals surface area contributed by atoms with Gasteiger partial charge < -0.3 is 4.74 Å². The molecule has 1 aliphatic rings. The summed E-state index contributed by atoms with van der Waals surface area (Å²) in [5.41, 5.74) is 8.46. The zero-order valence-corrected chi connectivity index (χ0v) is 13.0. The molecular weight excluding hydrogens is 260 g/mol. The lowest BCUT2D eigenvalue weighted by Crippen LogP contribution is -2.09. The second-order valence-electron chi connectivity index (χ2n) is 5.94. The standard InChI is InChI=1S/C19H20O2/c1-11-7-12(2)14(4)18(13(11)3)19(20)15-5-6-16-9-21-10-17(16)8-15/h5-8H,9-10H2,1-4H3. The Morgan fingerprint density at radius 3 is 2.19 bits per heavy atom. The van der Waals surface area contributed by atoms with Crippen LogP contribution in [0.25, 0.3) is 0 Å². The van der Waals surface area contributed by atoms with Crippen LogP contribution in [0.3, 0.4) is 0 Å². The fourth-order valence-corrected chi connectivity index (χ4v) is 3.02. The molecule has 2 heteroatoms. The predicted molar refractivity (Wildman–Crippen MR) is 83.8 cm³/mol.